The van der Waals surface area contributed by atoms with Gasteiger partial charge in [-0.1, -0.05) is 31.7 Å². The summed E-state index contributed by atoms with van der Waals surface area (Å²) < 4.78 is 23.0. The van der Waals surface area contributed by atoms with E-state index in [0.29, 0.717) is 5.39 Å². The molecule has 2 aromatic rings. The monoisotopic (exact) mass is 266 g/mol. The Morgan fingerprint density at radius 1 is 1.00 bits per heavy atom. The van der Waals surface area contributed by atoms with Gasteiger partial charge in [0, 0.05) is 30.6 Å². The lowest BCUT2D eigenvalue weighted by Crippen LogP contribution is -2.13. The summed E-state index contributed by atoms with van der Waals surface area (Å²) in [6, 6.07) is 10.6. The molecule has 0 aliphatic rings. The number of benzene rings is 2. The maximum atomic E-state index is 11.5. The zero-order valence-corrected chi connectivity index (χ0v) is 10.5. The summed E-state index contributed by atoms with van der Waals surface area (Å²) in [6.45, 7) is 0. The molecule has 0 spiro atoms. The van der Waals surface area contributed by atoms with Gasteiger partial charge in [0.05, 0.1) is 4.90 Å². The molecule has 18 heavy (non-hydrogen) atoms. The molecule has 0 fully saturated rings. The van der Waals surface area contributed by atoms with Crippen LogP contribution in [0.1, 0.15) is 7.43 Å². The second-order valence-electron chi connectivity index (χ2n) is 4.07. The molecule has 0 aromatic heterocycles. The number of nitrogens with zero attached hydrogens (tertiary/aromatic N) is 1. The normalized spacial score (nSPS) is 11.1. The molecule has 0 amide bonds. The number of hydrogen-bond donors (Lipinski definition) is 1. The van der Waals surface area contributed by atoms with Gasteiger partial charge < -0.3 is 4.90 Å². The van der Waals surface area contributed by atoms with E-state index in [4.69, 9.17) is 5.14 Å². The third-order valence-electron chi connectivity index (χ3n) is 2.65. The summed E-state index contributed by atoms with van der Waals surface area (Å²) in [5.74, 6) is 0. The highest BCUT2D eigenvalue weighted by Gasteiger charge is 2.13. The Morgan fingerprint density at radius 2 is 1.56 bits per heavy atom. The van der Waals surface area contributed by atoms with Gasteiger partial charge in [0.1, 0.15) is 0 Å². The number of rotatable bonds is 2. The van der Waals surface area contributed by atoms with E-state index in [1.54, 1.807) is 12.1 Å². The molecule has 2 aromatic carbocycles. The van der Waals surface area contributed by atoms with Crippen molar-refractivity contribution in [2.45, 2.75) is 12.3 Å². The molecular weight excluding hydrogens is 248 g/mol. The van der Waals surface area contributed by atoms with Crippen LogP contribution >= 0.6 is 0 Å². The first kappa shape index (κ1) is 14.5. The minimum Gasteiger partial charge on any atom is -0.377 e. The molecule has 0 aliphatic carbocycles. The molecule has 5 heteroatoms. The van der Waals surface area contributed by atoms with Crippen LogP contribution in [0.15, 0.2) is 41.3 Å². The fourth-order valence-electron chi connectivity index (χ4n) is 1.90. The van der Waals surface area contributed by atoms with Gasteiger partial charge in [0.15, 0.2) is 0 Å². The zero-order chi connectivity index (χ0) is 12.6. The Hall–Kier alpha value is -1.59. The van der Waals surface area contributed by atoms with Crippen LogP contribution < -0.4 is 10.0 Å². The van der Waals surface area contributed by atoms with Gasteiger partial charge >= 0.3 is 0 Å². The molecular formula is C13H18N2O2S. The Bertz CT molecular complexity index is 664. The molecule has 2 rings (SSSR count). The van der Waals surface area contributed by atoms with Crippen molar-refractivity contribution in [3.8, 4) is 0 Å². The van der Waals surface area contributed by atoms with Crippen LogP contribution in [0.3, 0.4) is 0 Å². The lowest BCUT2D eigenvalue weighted by atomic mass is 10.1. The lowest BCUT2D eigenvalue weighted by molar-refractivity contribution is 0.598. The van der Waals surface area contributed by atoms with E-state index in [0.717, 1.165) is 11.1 Å². The van der Waals surface area contributed by atoms with Gasteiger partial charge in [0.2, 0.25) is 10.0 Å². The summed E-state index contributed by atoms with van der Waals surface area (Å²) in [5.41, 5.74) is 0.966. The van der Waals surface area contributed by atoms with Crippen molar-refractivity contribution < 1.29 is 8.42 Å². The average molecular weight is 266 g/mol. The topological polar surface area (TPSA) is 63.4 Å². The van der Waals surface area contributed by atoms with E-state index in [9.17, 15) is 8.42 Å². The molecule has 0 radical (unpaired) electrons. The van der Waals surface area contributed by atoms with Crippen molar-refractivity contribution in [2.24, 2.45) is 5.14 Å². The third-order valence-corrected chi connectivity index (χ3v) is 3.62. The predicted molar refractivity (Wildman–Crippen MR) is 76.4 cm³/mol. The number of nitrogens with two attached hydrogens (primary N) is 1. The lowest BCUT2D eigenvalue weighted by Gasteiger charge is -2.16. The Balaban J connectivity index is 0.00000162. The second kappa shape index (κ2) is 4.96. The number of primary sulfonamides is 1. The highest BCUT2D eigenvalue weighted by Crippen LogP contribution is 2.29. The van der Waals surface area contributed by atoms with Crippen LogP contribution in [0.2, 0.25) is 0 Å². The summed E-state index contributed by atoms with van der Waals surface area (Å²) >= 11 is 0. The van der Waals surface area contributed by atoms with Crippen molar-refractivity contribution in [3.63, 3.8) is 0 Å². The van der Waals surface area contributed by atoms with Gasteiger partial charge in [-0.15, -0.1) is 0 Å². The highest BCUT2D eigenvalue weighted by molar-refractivity contribution is 7.89. The Kier molecular flexibility index (Phi) is 3.98. The van der Waals surface area contributed by atoms with Crippen LogP contribution in [-0.4, -0.2) is 22.5 Å². The van der Waals surface area contributed by atoms with Crippen molar-refractivity contribution in [2.75, 3.05) is 19.0 Å². The molecule has 98 valence electrons. The van der Waals surface area contributed by atoms with Gasteiger partial charge in [-0.05, 0) is 12.1 Å². The third kappa shape index (κ3) is 2.47. The van der Waals surface area contributed by atoms with Crippen LogP contribution in [0.5, 0.6) is 0 Å². The fourth-order valence-corrected chi connectivity index (χ4v) is 2.66. The van der Waals surface area contributed by atoms with Gasteiger partial charge in [-0.3, -0.25) is 0 Å². The first-order chi connectivity index (χ1) is 7.91. The van der Waals surface area contributed by atoms with Gasteiger partial charge in [-0.25, -0.2) is 13.6 Å². The predicted octanol–water partition coefficient (Wildman–Crippen LogP) is 2.19. The fraction of sp³-hybridized carbons (Fsp3) is 0.231. The maximum absolute atomic E-state index is 11.5. The van der Waals surface area contributed by atoms with Crippen molar-refractivity contribution in [1.82, 2.24) is 0 Å². The first-order valence-corrected chi connectivity index (χ1v) is 6.68. The van der Waals surface area contributed by atoms with E-state index in [1.165, 1.54) is 6.07 Å². The quantitative estimate of drug-likeness (QED) is 0.906. The SMILES string of the molecule is C.CN(C)c1cccc2c(S(N)(=O)=O)cccc12. The molecule has 4 nitrogen and oxygen atoms in total. The van der Waals surface area contributed by atoms with E-state index < -0.39 is 10.0 Å². The maximum Gasteiger partial charge on any atom is 0.238 e. The molecule has 0 aliphatic heterocycles. The first-order valence-electron chi connectivity index (χ1n) is 5.13. The van der Waals surface area contributed by atoms with E-state index in [-0.39, 0.29) is 12.3 Å². The van der Waals surface area contributed by atoms with Crippen LogP contribution in [0.4, 0.5) is 5.69 Å². The standard InChI is InChI=1S/C12H14N2O2S.CH4/c1-14(2)11-7-3-6-10-9(11)5-4-8-12(10)17(13,15)16;/h3-8H,1-2H3,(H2,13,15,16);1H4. The van der Waals surface area contributed by atoms with E-state index in [1.807, 2.05) is 37.2 Å². The van der Waals surface area contributed by atoms with Crippen molar-refractivity contribution >= 4 is 26.5 Å². The van der Waals surface area contributed by atoms with Gasteiger partial charge in [0.25, 0.3) is 0 Å². The van der Waals surface area contributed by atoms with Crippen LogP contribution in [0, 0.1) is 0 Å². The number of hydrogen-bond acceptors (Lipinski definition) is 3. The molecule has 0 atom stereocenters. The molecule has 0 unspecified atom stereocenters. The minimum atomic E-state index is -3.69. The van der Waals surface area contributed by atoms with Crippen LogP contribution in [0.25, 0.3) is 10.8 Å². The number of sulfonamides is 1. The molecule has 2 N–H and O–H groups in total. The van der Waals surface area contributed by atoms with E-state index >= 15 is 0 Å². The number of fused-ring (bicyclic) bond motifs is 1. The highest BCUT2D eigenvalue weighted by atomic mass is 32.2. The van der Waals surface area contributed by atoms with Crippen molar-refractivity contribution in [1.29, 1.82) is 0 Å². The summed E-state index contributed by atoms with van der Waals surface area (Å²) in [4.78, 5) is 2.11. The summed E-state index contributed by atoms with van der Waals surface area (Å²) in [7, 11) is 0.140. The largest absolute Gasteiger partial charge is 0.377 e. The van der Waals surface area contributed by atoms with Crippen LogP contribution in [-0.2, 0) is 10.0 Å². The average Bonchev–Trinajstić information content (AvgIpc) is 2.26. The Labute approximate surface area is 108 Å². The van der Waals surface area contributed by atoms with Crippen molar-refractivity contribution in [3.05, 3.63) is 36.4 Å². The van der Waals surface area contributed by atoms with E-state index in [2.05, 4.69) is 0 Å². The molecule has 0 saturated heterocycles. The molecule has 0 saturated carbocycles. The zero-order valence-electron chi connectivity index (χ0n) is 9.71. The van der Waals surface area contributed by atoms with Gasteiger partial charge in [-0.2, -0.15) is 0 Å². The smallest absolute Gasteiger partial charge is 0.238 e. The number of anilines is 1. The second-order valence-corrected chi connectivity index (χ2v) is 5.60. The summed E-state index contributed by atoms with van der Waals surface area (Å²) in [6.07, 6.45) is 0. The molecule has 0 bridgehead atoms. The summed E-state index contributed by atoms with van der Waals surface area (Å²) in [5, 5.41) is 6.74. The molecule has 0 heterocycles. The Morgan fingerprint density at radius 3 is 2.11 bits per heavy atom. The minimum absolute atomic E-state index is 0.